The molecule has 0 fully saturated rings. The molecule has 1 atom stereocenters. The number of rotatable bonds is 4. The van der Waals surface area contributed by atoms with E-state index in [9.17, 15) is 8.78 Å². The number of aryl methyl sites for hydroxylation is 1. The highest BCUT2D eigenvalue weighted by atomic mass is 19.1. The van der Waals surface area contributed by atoms with Gasteiger partial charge in [-0.3, -0.25) is 0 Å². The van der Waals surface area contributed by atoms with Crippen LogP contribution in [0.1, 0.15) is 31.0 Å². The highest BCUT2D eigenvalue weighted by Crippen LogP contribution is 2.21. The van der Waals surface area contributed by atoms with Crippen LogP contribution < -0.4 is 5.32 Å². The molecule has 0 saturated heterocycles. The highest BCUT2D eigenvalue weighted by Gasteiger charge is 2.07. The average Bonchev–Trinajstić information content (AvgIpc) is 2.37. The maximum Gasteiger partial charge on any atom is 0.128 e. The second-order valence-electron chi connectivity index (χ2n) is 4.62. The molecule has 0 spiro atoms. The summed E-state index contributed by atoms with van der Waals surface area (Å²) >= 11 is 0. The Labute approximate surface area is 112 Å². The van der Waals surface area contributed by atoms with Crippen molar-refractivity contribution in [1.29, 1.82) is 0 Å². The van der Waals surface area contributed by atoms with Gasteiger partial charge >= 0.3 is 0 Å². The Morgan fingerprint density at radius 1 is 1.00 bits per heavy atom. The minimum absolute atomic E-state index is 0.00731. The lowest BCUT2D eigenvalue weighted by molar-refractivity contribution is 0.583. The van der Waals surface area contributed by atoms with Gasteiger partial charge in [0, 0.05) is 17.8 Å². The van der Waals surface area contributed by atoms with Crippen LogP contribution in [0.5, 0.6) is 0 Å². The second kappa shape index (κ2) is 5.83. The van der Waals surface area contributed by atoms with E-state index in [4.69, 9.17) is 0 Å². The van der Waals surface area contributed by atoms with Crippen LogP contribution in [0.2, 0.25) is 0 Å². The van der Waals surface area contributed by atoms with Crippen LogP contribution in [0.15, 0.2) is 42.5 Å². The third kappa shape index (κ3) is 3.53. The zero-order chi connectivity index (χ0) is 13.8. The molecule has 2 rings (SSSR count). The van der Waals surface area contributed by atoms with E-state index in [2.05, 4.69) is 24.4 Å². The van der Waals surface area contributed by atoms with Crippen LogP contribution in [0.25, 0.3) is 0 Å². The lowest BCUT2D eigenvalue weighted by atomic mass is 10.0. The van der Waals surface area contributed by atoms with Crippen molar-refractivity contribution in [2.45, 2.75) is 26.3 Å². The first-order valence-corrected chi connectivity index (χ1v) is 6.40. The van der Waals surface area contributed by atoms with Crippen molar-refractivity contribution in [2.24, 2.45) is 0 Å². The van der Waals surface area contributed by atoms with E-state index in [1.54, 1.807) is 0 Å². The van der Waals surface area contributed by atoms with Crippen molar-refractivity contribution in [3.05, 3.63) is 65.2 Å². The molecule has 1 N–H and O–H groups in total. The zero-order valence-electron chi connectivity index (χ0n) is 11.1. The summed E-state index contributed by atoms with van der Waals surface area (Å²) in [5.41, 5.74) is 2.80. The second-order valence-corrected chi connectivity index (χ2v) is 4.62. The molecule has 0 aliphatic carbocycles. The minimum atomic E-state index is -0.573. The fourth-order valence-corrected chi connectivity index (χ4v) is 2.01. The quantitative estimate of drug-likeness (QED) is 0.841. The van der Waals surface area contributed by atoms with Crippen molar-refractivity contribution in [3.63, 3.8) is 0 Å². The smallest absolute Gasteiger partial charge is 0.128 e. The Hall–Kier alpha value is -1.90. The van der Waals surface area contributed by atoms with Crippen LogP contribution >= 0.6 is 0 Å². The third-order valence-corrected chi connectivity index (χ3v) is 3.13. The summed E-state index contributed by atoms with van der Waals surface area (Å²) in [5.74, 6) is -1.15. The summed E-state index contributed by atoms with van der Waals surface area (Å²) in [7, 11) is 0. The van der Waals surface area contributed by atoms with E-state index in [-0.39, 0.29) is 6.04 Å². The Morgan fingerprint density at radius 3 is 2.11 bits per heavy atom. The number of anilines is 1. The van der Waals surface area contributed by atoms with Crippen molar-refractivity contribution < 1.29 is 8.78 Å². The van der Waals surface area contributed by atoms with E-state index in [1.165, 1.54) is 17.7 Å². The van der Waals surface area contributed by atoms with Crippen LogP contribution in [0, 0.1) is 11.6 Å². The number of halogens is 2. The molecule has 0 saturated carbocycles. The van der Waals surface area contributed by atoms with Gasteiger partial charge in [-0.2, -0.15) is 0 Å². The molecule has 0 radical (unpaired) electrons. The Balaban J connectivity index is 2.13. The van der Waals surface area contributed by atoms with Crippen LogP contribution in [0.3, 0.4) is 0 Å². The third-order valence-electron chi connectivity index (χ3n) is 3.13. The largest absolute Gasteiger partial charge is 0.378 e. The van der Waals surface area contributed by atoms with Gasteiger partial charge in [-0.1, -0.05) is 31.2 Å². The van der Waals surface area contributed by atoms with Crippen molar-refractivity contribution in [3.8, 4) is 0 Å². The minimum Gasteiger partial charge on any atom is -0.378 e. The molecule has 19 heavy (non-hydrogen) atoms. The summed E-state index contributed by atoms with van der Waals surface area (Å²) in [6, 6.07) is 11.6. The van der Waals surface area contributed by atoms with E-state index in [0.29, 0.717) is 5.69 Å². The molecule has 0 aliphatic rings. The normalized spacial score (nSPS) is 12.2. The predicted molar refractivity (Wildman–Crippen MR) is 74.2 cm³/mol. The van der Waals surface area contributed by atoms with Gasteiger partial charge in [-0.25, -0.2) is 8.78 Å². The molecule has 100 valence electrons. The maximum absolute atomic E-state index is 13.1. The first kappa shape index (κ1) is 13.5. The Bertz CT molecular complexity index is 529. The fourth-order valence-electron chi connectivity index (χ4n) is 2.01. The summed E-state index contributed by atoms with van der Waals surface area (Å²) in [6.07, 6.45) is 0.997. The number of benzene rings is 2. The van der Waals surface area contributed by atoms with Crippen LogP contribution in [-0.4, -0.2) is 0 Å². The molecular formula is C16H17F2N. The Morgan fingerprint density at radius 2 is 1.58 bits per heavy atom. The molecule has 0 heterocycles. The van der Waals surface area contributed by atoms with Gasteiger partial charge in [0.1, 0.15) is 11.6 Å². The average molecular weight is 261 g/mol. The molecule has 3 heteroatoms. The van der Waals surface area contributed by atoms with Crippen LogP contribution in [0.4, 0.5) is 14.5 Å². The monoisotopic (exact) mass is 261 g/mol. The SMILES string of the molecule is CCc1ccc(C(C)Nc2cc(F)cc(F)c2)cc1. The number of hydrogen-bond acceptors (Lipinski definition) is 1. The van der Waals surface area contributed by atoms with Crippen molar-refractivity contribution in [2.75, 3.05) is 5.32 Å². The molecule has 2 aromatic rings. The molecule has 0 aliphatic heterocycles. The molecule has 0 amide bonds. The predicted octanol–water partition coefficient (Wildman–Crippen LogP) is 4.70. The molecular weight excluding hydrogens is 244 g/mol. The van der Waals surface area contributed by atoms with Crippen LogP contribution in [-0.2, 0) is 6.42 Å². The summed E-state index contributed by atoms with van der Waals surface area (Å²) < 4.78 is 26.2. The zero-order valence-corrected chi connectivity index (χ0v) is 11.1. The first-order chi connectivity index (χ1) is 9.08. The molecule has 2 aromatic carbocycles. The van der Waals surface area contributed by atoms with E-state index in [0.717, 1.165) is 18.1 Å². The maximum atomic E-state index is 13.1. The molecule has 1 nitrogen and oxygen atoms in total. The summed E-state index contributed by atoms with van der Waals surface area (Å²) in [6.45, 7) is 4.07. The number of nitrogens with one attached hydrogen (secondary N) is 1. The van der Waals surface area contributed by atoms with Gasteiger partial charge in [0.15, 0.2) is 0 Å². The summed E-state index contributed by atoms with van der Waals surface area (Å²) in [5, 5.41) is 3.10. The number of hydrogen-bond donors (Lipinski definition) is 1. The van der Waals surface area contributed by atoms with E-state index >= 15 is 0 Å². The fraction of sp³-hybridized carbons (Fsp3) is 0.250. The van der Waals surface area contributed by atoms with Gasteiger partial charge in [-0.15, -0.1) is 0 Å². The van der Waals surface area contributed by atoms with Gasteiger partial charge in [-0.05, 0) is 36.6 Å². The van der Waals surface area contributed by atoms with Gasteiger partial charge in [0.05, 0.1) is 0 Å². The lowest BCUT2D eigenvalue weighted by Crippen LogP contribution is -2.07. The van der Waals surface area contributed by atoms with Gasteiger partial charge in [0.25, 0.3) is 0 Å². The van der Waals surface area contributed by atoms with Crippen molar-refractivity contribution in [1.82, 2.24) is 0 Å². The van der Waals surface area contributed by atoms with Gasteiger partial charge < -0.3 is 5.32 Å². The lowest BCUT2D eigenvalue weighted by Gasteiger charge is -2.16. The molecule has 1 unspecified atom stereocenters. The molecule has 0 bridgehead atoms. The topological polar surface area (TPSA) is 12.0 Å². The summed E-state index contributed by atoms with van der Waals surface area (Å²) in [4.78, 5) is 0. The van der Waals surface area contributed by atoms with E-state index in [1.807, 2.05) is 19.1 Å². The van der Waals surface area contributed by atoms with Crippen molar-refractivity contribution >= 4 is 5.69 Å². The standard InChI is InChI=1S/C16H17F2N/c1-3-12-4-6-13(7-5-12)11(2)19-16-9-14(17)8-15(18)10-16/h4-11,19H,3H2,1-2H3. The first-order valence-electron chi connectivity index (χ1n) is 6.40. The van der Waals surface area contributed by atoms with E-state index < -0.39 is 11.6 Å². The molecule has 0 aromatic heterocycles. The Kier molecular flexibility index (Phi) is 4.15. The highest BCUT2D eigenvalue weighted by molar-refractivity contribution is 5.46. The van der Waals surface area contributed by atoms with Gasteiger partial charge in [0.2, 0.25) is 0 Å².